The van der Waals surface area contributed by atoms with E-state index >= 15 is 0 Å². The lowest BCUT2D eigenvalue weighted by Gasteiger charge is -2.03. The van der Waals surface area contributed by atoms with Crippen molar-refractivity contribution < 1.29 is 9.18 Å². The number of carbonyl (C=O) groups is 1. The van der Waals surface area contributed by atoms with Crippen molar-refractivity contribution >= 4 is 44.5 Å². The summed E-state index contributed by atoms with van der Waals surface area (Å²) < 4.78 is 14.4. The molecule has 1 heterocycles. The van der Waals surface area contributed by atoms with Crippen molar-refractivity contribution in [3.8, 4) is 0 Å². The Morgan fingerprint density at radius 3 is 2.87 bits per heavy atom. The lowest BCUT2D eigenvalue weighted by Crippen LogP contribution is -2.08. The molecule has 1 aromatic heterocycles. The van der Waals surface area contributed by atoms with Gasteiger partial charge in [-0.1, -0.05) is 34.1 Å². The number of amides is 1. The minimum Gasteiger partial charge on any atom is -0.321 e. The number of fused-ring (bicyclic) bond motifs is 1. The molecule has 1 amide bonds. The van der Waals surface area contributed by atoms with Gasteiger partial charge in [-0.3, -0.25) is 9.78 Å². The van der Waals surface area contributed by atoms with Crippen LogP contribution in [0, 0.1) is 5.82 Å². The molecule has 0 aliphatic heterocycles. The van der Waals surface area contributed by atoms with Gasteiger partial charge in [0.15, 0.2) is 0 Å². The van der Waals surface area contributed by atoms with Crippen LogP contribution in [-0.4, -0.2) is 10.9 Å². The van der Waals surface area contributed by atoms with Crippen molar-refractivity contribution in [2.45, 2.75) is 0 Å². The highest BCUT2D eigenvalue weighted by Crippen LogP contribution is 2.18. The number of anilines is 1. The van der Waals surface area contributed by atoms with Crippen molar-refractivity contribution in [2.75, 3.05) is 5.32 Å². The number of nitrogens with zero attached hydrogens (tertiary/aromatic N) is 1. The van der Waals surface area contributed by atoms with E-state index in [-0.39, 0.29) is 11.7 Å². The Hall–Kier alpha value is -2.53. The largest absolute Gasteiger partial charge is 0.321 e. The summed E-state index contributed by atoms with van der Waals surface area (Å²) in [5, 5.41) is 3.65. The number of benzene rings is 2. The molecule has 0 radical (unpaired) electrons. The van der Waals surface area contributed by atoms with Gasteiger partial charge in [-0.15, -0.1) is 0 Å². The first-order chi connectivity index (χ1) is 11.1. The predicted molar refractivity (Wildman–Crippen MR) is 93.5 cm³/mol. The molecule has 0 saturated heterocycles. The van der Waals surface area contributed by atoms with E-state index in [0.717, 1.165) is 15.4 Å². The van der Waals surface area contributed by atoms with Gasteiger partial charge in [-0.25, -0.2) is 4.39 Å². The Bertz CT molecular complexity index is 908. The van der Waals surface area contributed by atoms with E-state index in [4.69, 9.17) is 0 Å². The monoisotopic (exact) mass is 370 g/mol. The van der Waals surface area contributed by atoms with Crippen LogP contribution in [0.2, 0.25) is 0 Å². The summed E-state index contributed by atoms with van der Waals surface area (Å²) in [7, 11) is 0. The average molecular weight is 371 g/mol. The first-order valence-electron chi connectivity index (χ1n) is 6.91. The summed E-state index contributed by atoms with van der Waals surface area (Å²) in [6, 6.07) is 14.0. The number of pyridine rings is 1. The Morgan fingerprint density at radius 1 is 1.17 bits per heavy atom. The van der Waals surface area contributed by atoms with Gasteiger partial charge in [0.2, 0.25) is 5.91 Å². The van der Waals surface area contributed by atoms with Crippen LogP contribution in [0.1, 0.15) is 5.56 Å². The fraction of sp³-hybridized carbons (Fsp3) is 0. The highest BCUT2D eigenvalue weighted by Gasteiger charge is 2.03. The molecular formula is C18H12BrFN2O. The summed E-state index contributed by atoms with van der Waals surface area (Å²) in [6.07, 6.45) is 4.32. The van der Waals surface area contributed by atoms with Crippen molar-refractivity contribution in [1.29, 1.82) is 0 Å². The van der Waals surface area contributed by atoms with Crippen LogP contribution >= 0.6 is 15.9 Å². The number of para-hydroxylation sites is 1. The normalized spacial score (nSPS) is 11.0. The van der Waals surface area contributed by atoms with E-state index in [1.807, 2.05) is 30.3 Å². The second-order valence-electron chi connectivity index (χ2n) is 4.91. The number of rotatable bonds is 3. The number of aromatic nitrogens is 1. The SMILES string of the molecule is O=C(/C=C/c1cc(Br)ccc1F)Nc1cnc2ccccc2c1. The lowest BCUT2D eigenvalue weighted by atomic mass is 10.2. The average Bonchev–Trinajstić information content (AvgIpc) is 2.55. The van der Waals surface area contributed by atoms with Crippen molar-refractivity contribution in [2.24, 2.45) is 0 Å². The van der Waals surface area contributed by atoms with Gasteiger partial charge in [0.25, 0.3) is 0 Å². The number of nitrogens with one attached hydrogen (secondary N) is 1. The van der Waals surface area contributed by atoms with Crippen molar-refractivity contribution in [1.82, 2.24) is 4.98 Å². The molecule has 3 aromatic rings. The van der Waals surface area contributed by atoms with Gasteiger partial charge in [0.1, 0.15) is 5.82 Å². The van der Waals surface area contributed by atoms with E-state index in [1.54, 1.807) is 18.3 Å². The summed E-state index contributed by atoms with van der Waals surface area (Å²) in [5.41, 5.74) is 1.79. The fourth-order valence-electron chi connectivity index (χ4n) is 2.13. The van der Waals surface area contributed by atoms with Crippen LogP contribution in [0.4, 0.5) is 10.1 Å². The summed E-state index contributed by atoms with van der Waals surface area (Å²) in [6.45, 7) is 0. The summed E-state index contributed by atoms with van der Waals surface area (Å²) in [5.74, 6) is -0.730. The number of carbonyl (C=O) groups excluding carboxylic acids is 1. The highest BCUT2D eigenvalue weighted by molar-refractivity contribution is 9.10. The predicted octanol–water partition coefficient (Wildman–Crippen LogP) is 4.79. The highest BCUT2D eigenvalue weighted by atomic mass is 79.9. The number of hydrogen-bond donors (Lipinski definition) is 1. The molecule has 0 atom stereocenters. The summed E-state index contributed by atoms with van der Waals surface area (Å²) in [4.78, 5) is 16.2. The fourth-order valence-corrected chi connectivity index (χ4v) is 2.51. The Morgan fingerprint density at radius 2 is 2.00 bits per heavy atom. The van der Waals surface area contributed by atoms with Gasteiger partial charge >= 0.3 is 0 Å². The second kappa shape index (κ2) is 6.71. The molecule has 0 spiro atoms. The molecule has 3 nitrogen and oxygen atoms in total. The number of hydrogen-bond acceptors (Lipinski definition) is 2. The van der Waals surface area contributed by atoms with Gasteiger partial charge in [0.05, 0.1) is 17.4 Å². The maximum atomic E-state index is 13.6. The van der Waals surface area contributed by atoms with Crippen LogP contribution in [0.3, 0.4) is 0 Å². The third-order valence-corrected chi connectivity index (χ3v) is 3.72. The molecule has 1 N–H and O–H groups in total. The van der Waals surface area contributed by atoms with Gasteiger partial charge in [-0.05, 0) is 36.4 Å². The zero-order valence-corrected chi connectivity index (χ0v) is 13.5. The zero-order chi connectivity index (χ0) is 16.2. The van der Waals surface area contributed by atoms with Crippen molar-refractivity contribution in [3.05, 3.63) is 76.7 Å². The third kappa shape index (κ3) is 3.81. The minimum atomic E-state index is -0.385. The first kappa shape index (κ1) is 15.4. The molecule has 0 aliphatic rings. The summed E-state index contributed by atoms with van der Waals surface area (Å²) >= 11 is 3.27. The Kier molecular flexibility index (Phi) is 4.48. The van der Waals surface area contributed by atoms with E-state index in [9.17, 15) is 9.18 Å². The topological polar surface area (TPSA) is 42.0 Å². The van der Waals surface area contributed by atoms with Crippen LogP contribution < -0.4 is 5.32 Å². The molecule has 0 aliphatic carbocycles. The molecule has 23 heavy (non-hydrogen) atoms. The Balaban J connectivity index is 1.75. The van der Waals surface area contributed by atoms with Crippen LogP contribution in [0.15, 0.2) is 65.3 Å². The van der Waals surface area contributed by atoms with Gasteiger partial charge in [-0.2, -0.15) is 0 Å². The molecule has 5 heteroatoms. The molecule has 2 aromatic carbocycles. The lowest BCUT2D eigenvalue weighted by molar-refractivity contribution is -0.111. The smallest absolute Gasteiger partial charge is 0.248 e. The molecule has 0 bridgehead atoms. The van der Waals surface area contributed by atoms with Crippen LogP contribution in [-0.2, 0) is 4.79 Å². The van der Waals surface area contributed by atoms with E-state index in [1.165, 1.54) is 18.2 Å². The van der Waals surface area contributed by atoms with Crippen molar-refractivity contribution in [3.63, 3.8) is 0 Å². The molecule has 0 saturated carbocycles. The quantitative estimate of drug-likeness (QED) is 0.673. The molecule has 0 unspecified atom stereocenters. The number of halogens is 2. The Labute approximate surface area is 141 Å². The zero-order valence-electron chi connectivity index (χ0n) is 12.0. The minimum absolute atomic E-state index is 0.339. The van der Waals surface area contributed by atoms with E-state index in [2.05, 4.69) is 26.2 Å². The van der Waals surface area contributed by atoms with Gasteiger partial charge < -0.3 is 5.32 Å². The third-order valence-electron chi connectivity index (χ3n) is 3.23. The first-order valence-corrected chi connectivity index (χ1v) is 7.70. The maximum absolute atomic E-state index is 13.6. The standard InChI is InChI=1S/C18H12BrFN2O/c19-14-6-7-16(20)12(9-14)5-8-18(23)22-15-10-13-3-1-2-4-17(13)21-11-15/h1-11H,(H,22,23)/b8-5+. The van der Waals surface area contributed by atoms with Crippen LogP contribution in [0.25, 0.3) is 17.0 Å². The van der Waals surface area contributed by atoms with E-state index < -0.39 is 0 Å². The molecular weight excluding hydrogens is 359 g/mol. The molecule has 114 valence electrons. The second-order valence-corrected chi connectivity index (χ2v) is 5.82. The van der Waals surface area contributed by atoms with Crippen LogP contribution in [0.5, 0.6) is 0 Å². The molecule has 0 fully saturated rings. The van der Waals surface area contributed by atoms with Gasteiger partial charge in [0, 0.05) is 21.5 Å². The molecule has 3 rings (SSSR count). The maximum Gasteiger partial charge on any atom is 0.248 e. The van der Waals surface area contributed by atoms with E-state index in [0.29, 0.717) is 11.3 Å².